The molecule has 0 bridgehead atoms. The molecular formula is C72H117NO18. The minimum absolute atomic E-state index is 0.146. The van der Waals surface area contributed by atoms with Crippen LogP contribution < -0.4 is 5.32 Å². The molecule has 19 nitrogen and oxygen atoms in total. The van der Waals surface area contributed by atoms with E-state index in [1.807, 2.05) is 12.2 Å². The van der Waals surface area contributed by atoms with Crippen LogP contribution in [0.25, 0.3) is 0 Å². The van der Waals surface area contributed by atoms with E-state index >= 15 is 0 Å². The molecule has 0 saturated carbocycles. The van der Waals surface area contributed by atoms with Gasteiger partial charge in [0, 0.05) is 6.42 Å². The first-order valence-electron chi connectivity index (χ1n) is 33.9. The first kappa shape index (κ1) is 81.2. The van der Waals surface area contributed by atoms with Gasteiger partial charge in [0.2, 0.25) is 5.91 Å². The van der Waals surface area contributed by atoms with Crippen LogP contribution in [0.3, 0.4) is 0 Å². The van der Waals surface area contributed by atoms with Crippen LogP contribution in [-0.2, 0) is 33.2 Å². The van der Waals surface area contributed by atoms with Crippen molar-refractivity contribution in [3.8, 4) is 0 Å². The number of allylic oxidation sites excluding steroid dienone is 21. The molecule has 0 radical (unpaired) electrons. The van der Waals surface area contributed by atoms with Crippen LogP contribution in [-0.4, -0.2) is 193 Å². The zero-order valence-corrected chi connectivity index (χ0v) is 54.5. The first-order valence-corrected chi connectivity index (χ1v) is 33.9. The molecule has 518 valence electrons. The van der Waals surface area contributed by atoms with Crippen molar-refractivity contribution in [1.29, 1.82) is 0 Å². The highest BCUT2D eigenvalue weighted by atomic mass is 16.8. The second-order valence-electron chi connectivity index (χ2n) is 23.5. The third-order valence-corrected chi connectivity index (χ3v) is 15.9. The van der Waals surface area contributed by atoms with Crippen molar-refractivity contribution in [2.45, 2.75) is 285 Å². The van der Waals surface area contributed by atoms with Crippen molar-refractivity contribution < 1.29 is 89.4 Å². The predicted octanol–water partition coefficient (Wildman–Crippen LogP) is 8.60. The fourth-order valence-corrected chi connectivity index (χ4v) is 10.4. The molecule has 0 aliphatic carbocycles. The maximum absolute atomic E-state index is 13.4. The monoisotopic (exact) mass is 1280 g/mol. The van der Waals surface area contributed by atoms with Crippen LogP contribution in [0.5, 0.6) is 0 Å². The Balaban J connectivity index is 1.48. The van der Waals surface area contributed by atoms with Crippen molar-refractivity contribution in [3.63, 3.8) is 0 Å². The van der Waals surface area contributed by atoms with E-state index in [1.165, 1.54) is 64.2 Å². The zero-order valence-electron chi connectivity index (χ0n) is 54.5. The number of nitrogens with one attached hydrogen (secondary N) is 1. The Labute approximate surface area is 543 Å². The molecule has 3 aliphatic rings. The summed E-state index contributed by atoms with van der Waals surface area (Å²) in [4.78, 5) is 13.4. The molecular weight excluding hydrogens is 1170 g/mol. The summed E-state index contributed by atoms with van der Waals surface area (Å²) in [6, 6.07) is -1.03. The Morgan fingerprint density at radius 1 is 0.407 bits per heavy atom. The summed E-state index contributed by atoms with van der Waals surface area (Å²) >= 11 is 0. The lowest BCUT2D eigenvalue weighted by Gasteiger charge is -2.48. The fourth-order valence-electron chi connectivity index (χ4n) is 10.4. The van der Waals surface area contributed by atoms with Gasteiger partial charge in [-0.15, -0.1) is 0 Å². The van der Waals surface area contributed by atoms with Crippen molar-refractivity contribution in [3.05, 3.63) is 134 Å². The highest BCUT2D eigenvalue weighted by Gasteiger charge is 2.53. The maximum atomic E-state index is 13.4. The predicted molar refractivity (Wildman–Crippen MR) is 355 cm³/mol. The van der Waals surface area contributed by atoms with Gasteiger partial charge in [-0.05, 0) is 96.3 Å². The number of rotatable bonds is 49. The second kappa shape index (κ2) is 52.2. The second-order valence-corrected chi connectivity index (χ2v) is 23.5. The number of amides is 1. The Hall–Kier alpha value is -4.07. The highest BCUT2D eigenvalue weighted by molar-refractivity contribution is 5.76. The van der Waals surface area contributed by atoms with Crippen LogP contribution in [0.4, 0.5) is 0 Å². The van der Waals surface area contributed by atoms with E-state index < -0.39 is 131 Å². The quantitative estimate of drug-likeness (QED) is 0.0200. The molecule has 0 spiro atoms. The Morgan fingerprint density at radius 2 is 0.769 bits per heavy atom. The molecule has 12 N–H and O–H groups in total. The maximum Gasteiger partial charge on any atom is 0.220 e. The zero-order chi connectivity index (χ0) is 66.1. The minimum Gasteiger partial charge on any atom is -0.394 e. The summed E-state index contributed by atoms with van der Waals surface area (Å²) in [6.45, 7) is 1.53. The SMILES string of the molecule is CC/C=C\C/C=C\C/C=C\C/C=C\C/C=C\C/C=C\C/C=C\C/C=C\C/C=C\CCCC(=O)NC(COC1OC(CO)C(OC2OC(CO)C(OC3OC(CO)C(O)C(O)C3O)C(O)C2O)C(O)C1O)C(O)/C=C/CC/C=C/CCCCCCCCCCCCC. The van der Waals surface area contributed by atoms with Gasteiger partial charge in [0.25, 0.3) is 0 Å². The lowest BCUT2D eigenvalue weighted by molar-refractivity contribution is -0.379. The van der Waals surface area contributed by atoms with Crippen molar-refractivity contribution in [1.82, 2.24) is 5.32 Å². The van der Waals surface area contributed by atoms with E-state index in [0.29, 0.717) is 19.3 Å². The van der Waals surface area contributed by atoms with E-state index in [0.717, 1.165) is 77.0 Å². The average Bonchev–Trinajstić information content (AvgIpc) is 0.884. The van der Waals surface area contributed by atoms with Crippen LogP contribution >= 0.6 is 0 Å². The Bertz CT molecular complexity index is 2170. The molecule has 3 rings (SSSR count). The van der Waals surface area contributed by atoms with Gasteiger partial charge >= 0.3 is 0 Å². The summed E-state index contributed by atoms with van der Waals surface area (Å²) in [5.41, 5.74) is 0. The molecule has 91 heavy (non-hydrogen) atoms. The van der Waals surface area contributed by atoms with E-state index in [-0.39, 0.29) is 12.3 Å². The van der Waals surface area contributed by atoms with Crippen molar-refractivity contribution in [2.75, 3.05) is 26.4 Å². The molecule has 0 aromatic carbocycles. The fraction of sp³-hybridized carbons (Fsp3) is 0.681. The van der Waals surface area contributed by atoms with Gasteiger partial charge in [-0.2, -0.15) is 0 Å². The molecule has 19 heteroatoms. The third-order valence-electron chi connectivity index (χ3n) is 15.9. The Kier molecular flexibility index (Phi) is 46.6. The van der Waals surface area contributed by atoms with Crippen LogP contribution in [0.15, 0.2) is 134 Å². The molecule has 17 atom stereocenters. The topological polar surface area (TPSA) is 307 Å². The molecule has 3 fully saturated rings. The van der Waals surface area contributed by atoms with Gasteiger partial charge in [0.05, 0.1) is 38.6 Å². The van der Waals surface area contributed by atoms with E-state index in [1.54, 1.807) is 6.08 Å². The minimum atomic E-state index is -1.99. The van der Waals surface area contributed by atoms with Crippen LogP contribution in [0, 0.1) is 0 Å². The van der Waals surface area contributed by atoms with Crippen LogP contribution in [0.1, 0.15) is 181 Å². The van der Waals surface area contributed by atoms with Gasteiger partial charge in [0.1, 0.15) is 73.2 Å². The molecule has 3 aliphatic heterocycles. The number of ether oxygens (including phenoxy) is 6. The number of aliphatic hydroxyl groups is 11. The number of carbonyl (C=O) groups excluding carboxylic acids is 1. The number of aliphatic hydroxyl groups excluding tert-OH is 11. The number of hydrogen-bond acceptors (Lipinski definition) is 18. The summed E-state index contributed by atoms with van der Waals surface area (Å²) in [6.07, 6.45) is 45.7. The molecule has 3 heterocycles. The normalized spacial score (nSPS) is 28.7. The average molecular weight is 1280 g/mol. The van der Waals surface area contributed by atoms with Gasteiger partial charge in [0.15, 0.2) is 18.9 Å². The summed E-state index contributed by atoms with van der Waals surface area (Å²) in [5.74, 6) is -0.349. The largest absolute Gasteiger partial charge is 0.394 e. The van der Waals surface area contributed by atoms with Crippen LogP contribution in [0.2, 0.25) is 0 Å². The lowest BCUT2D eigenvalue weighted by atomic mass is 9.96. The molecule has 17 unspecified atom stereocenters. The van der Waals surface area contributed by atoms with E-state index in [2.05, 4.69) is 135 Å². The summed E-state index contributed by atoms with van der Waals surface area (Å²) in [7, 11) is 0. The van der Waals surface area contributed by atoms with Gasteiger partial charge in [-0.3, -0.25) is 4.79 Å². The number of unbranched alkanes of at least 4 members (excludes halogenated alkanes) is 13. The third kappa shape index (κ3) is 34.3. The molecule has 3 saturated heterocycles. The van der Waals surface area contributed by atoms with Crippen molar-refractivity contribution in [2.24, 2.45) is 0 Å². The summed E-state index contributed by atoms with van der Waals surface area (Å²) in [5, 5.41) is 120. The highest BCUT2D eigenvalue weighted by Crippen LogP contribution is 2.33. The standard InChI is InChI=1S/C72H117NO18/c1-3-5-7-9-11-13-15-17-19-21-22-23-24-25-26-27-28-29-30-31-32-34-36-38-40-42-44-46-48-50-60(78)73-55(56(77)49-47-45-43-41-39-37-35-33-20-18-16-14-12-10-8-6-4-2)54-86-70-66(84)63(81)68(58(52-75)88-70)91-72-67(85)64(82)69(59(53-76)89-72)90-71-65(83)62(80)61(79)57(51-74)87-71/h5,7,11,13,17,19,22-23,25-26,28-29,31-32,36,38-39,41-42,44,47,49,55-59,61-72,74-77,79-85H,3-4,6,8-10,12,14-16,18,20-21,24,27,30,33-35,37,40,43,45-46,48,50-54H2,1-2H3,(H,73,78)/b7-5-,13-11-,19-17-,23-22-,26-25-,29-28-,32-31-,38-36-,41-39+,44-42-,49-47+. The molecule has 0 aromatic heterocycles. The van der Waals surface area contributed by atoms with Gasteiger partial charge in [-0.25, -0.2) is 0 Å². The number of hydrogen-bond donors (Lipinski definition) is 12. The molecule has 0 aromatic rings. The van der Waals surface area contributed by atoms with E-state index in [9.17, 15) is 61.0 Å². The van der Waals surface area contributed by atoms with Gasteiger partial charge in [-0.1, -0.05) is 212 Å². The number of carbonyl (C=O) groups is 1. The lowest BCUT2D eigenvalue weighted by Crippen LogP contribution is -2.66. The van der Waals surface area contributed by atoms with Crippen molar-refractivity contribution >= 4 is 5.91 Å². The first-order chi connectivity index (χ1) is 44.3. The smallest absolute Gasteiger partial charge is 0.220 e. The molecule has 1 amide bonds. The summed E-state index contributed by atoms with van der Waals surface area (Å²) < 4.78 is 34.3. The van der Waals surface area contributed by atoms with E-state index in [4.69, 9.17) is 28.4 Å². The Morgan fingerprint density at radius 3 is 1.23 bits per heavy atom. The van der Waals surface area contributed by atoms with Gasteiger partial charge < -0.3 is 89.9 Å².